The van der Waals surface area contributed by atoms with E-state index in [1.807, 2.05) is 12.1 Å². The fraction of sp³-hybridized carbons (Fsp3) is 0.333. The molecular formula is C9H8N2. The van der Waals surface area contributed by atoms with Crippen LogP contribution in [0.1, 0.15) is 18.4 Å². The van der Waals surface area contributed by atoms with E-state index in [9.17, 15) is 0 Å². The van der Waals surface area contributed by atoms with Crippen LogP contribution >= 0.6 is 0 Å². The van der Waals surface area contributed by atoms with Crippen LogP contribution in [0.5, 0.6) is 0 Å². The lowest BCUT2D eigenvalue weighted by Gasteiger charge is -2.02. The molecule has 1 aliphatic carbocycles. The van der Waals surface area contributed by atoms with Gasteiger partial charge in [-0.3, -0.25) is 4.98 Å². The lowest BCUT2D eigenvalue weighted by atomic mass is 10.00. The van der Waals surface area contributed by atoms with Crippen molar-refractivity contribution < 1.29 is 0 Å². The van der Waals surface area contributed by atoms with Crippen molar-refractivity contribution in [1.29, 1.82) is 5.26 Å². The van der Waals surface area contributed by atoms with Gasteiger partial charge in [-0.1, -0.05) is 0 Å². The maximum Gasteiger partial charge on any atom is 0.0824 e. The molecule has 0 aromatic carbocycles. The van der Waals surface area contributed by atoms with Gasteiger partial charge in [0.05, 0.1) is 11.5 Å². The maximum atomic E-state index is 8.84. The third kappa shape index (κ3) is 0.894. The van der Waals surface area contributed by atoms with Gasteiger partial charge in [-0.25, -0.2) is 0 Å². The molecule has 0 saturated heterocycles. The van der Waals surface area contributed by atoms with E-state index >= 15 is 0 Å². The highest BCUT2D eigenvalue weighted by molar-refractivity contribution is 5.37. The minimum Gasteiger partial charge on any atom is -0.265 e. The summed E-state index contributed by atoms with van der Waals surface area (Å²) in [5.41, 5.74) is 0.971. The van der Waals surface area contributed by atoms with Crippen LogP contribution in [0.3, 0.4) is 0 Å². The minimum absolute atomic E-state index is 0.150. The molecule has 0 unspecified atom stereocenters. The summed E-state index contributed by atoms with van der Waals surface area (Å²) >= 11 is 0. The fourth-order valence-corrected chi connectivity index (χ4v) is 1.26. The summed E-state index contributed by atoms with van der Waals surface area (Å²) < 4.78 is 0. The van der Waals surface area contributed by atoms with E-state index < -0.39 is 0 Å². The molecule has 0 bridgehead atoms. The molecule has 0 aliphatic heterocycles. The first-order valence-corrected chi connectivity index (χ1v) is 3.69. The van der Waals surface area contributed by atoms with Gasteiger partial charge >= 0.3 is 0 Å². The monoisotopic (exact) mass is 144 g/mol. The van der Waals surface area contributed by atoms with Gasteiger partial charge in [0.25, 0.3) is 0 Å². The van der Waals surface area contributed by atoms with E-state index in [0.29, 0.717) is 0 Å². The summed E-state index contributed by atoms with van der Waals surface area (Å²) in [6.45, 7) is 0. The molecule has 0 N–H and O–H groups in total. The summed E-state index contributed by atoms with van der Waals surface area (Å²) in [5.74, 6) is 0. The molecular weight excluding hydrogens is 136 g/mol. The van der Waals surface area contributed by atoms with Crippen LogP contribution in [-0.2, 0) is 5.41 Å². The van der Waals surface area contributed by atoms with Crippen molar-refractivity contribution >= 4 is 0 Å². The van der Waals surface area contributed by atoms with Crippen LogP contribution in [0.25, 0.3) is 0 Å². The summed E-state index contributed by atoms with van der Waals surface area (Å²) in [4.78, 5) is 3.91. The van der Waals surface area contributed by atoms with Gasteiger partial charge in [0.2, 0.25) is 0 Å². The van der Waals surface area contributed by atoms with Gasteiger partial charge in [-0.2, -0.15) is 5.26 Å². The smallest absolute Gasteiger partial charge is 0.0824 e. The molecule has 1 aromatic heterocycles. The maximum absolute atomic E-state index is 8.84. The molecule has 2 heteroatoms. The third-order valence-corrected chi connectivity index (χ3v) is 2.20. The van der Waals surface area contributed by atoms with Crippen LogP contribution < -0.4 is 0 Å². The molecule has 2 nitrogen and oxygen atoms in total. The summed E-state index contributed by atoms with van der Waals surface area (Å²) in [5, 5.41) is 8.84. The molecule has 1 aliphatic rings. The molecule has 1 aromatic rings. The van der Waals surface area contributed by atoms with E-state index in [1.165, 1.54) is 0 Å². The van der Waals surface area contributed by atoms with Crippen LogP contribution in [0.4, 0.5) is 0 Å². The van der Waals surface area contributed by atoms with Gasteiger partial charge in [-0.15, -0.1) is 0 Å². The highest BCUT2D eigenvalue weighted by Gasteiger charge is 2.44. The van der Waals surface area contributed by atoms with Crippen LogP contribution in [-0.4, -0.2) is 4.98 Å². The Kier molecular flexibility index (Phi) is 1.19. The van der Waals surface area contributed by atoms with Crippen molar-refractivity contribution in [3.8, 4) is 6.07 Å². The number of aromatic nitrogens is 1. The zero-order chi connectivity index (χ0) is 7.73. The number of nitriles is 1. The second-order valence-corrected chi connectivity index (χ2v) is 2.93. The predicted octanol–water partition coefficient (Wildman–Crippen LogP) is 1.64. The third-order valence-electron chi connectivity index (χ3n) is 2.20. The summed E-state index contributed by atoms with van der Waals surface area (Å²) in [7, 11) is 0. The van der Waals surface area contributed by atoms with E-state index in [0.717, 1.165) is 18.4 Å². The number of hydrogen-bond acceptors (Lipinski definition) is 2. The standard InChI is InChI=1S/C9H8N2/c10-7-9(3-4-9)8-1-5-11-6-2-8/h1-2,5-6H,3-4H2. The SMILES string of the molecule is N#CC1(c2ccncc2)CC1. The Labute approximate surface area is 65.5 Å². The molecule has 1 saturated carbocycles. The van der Waals surface area contributed by atoms with Gasteiger partial charge in [-0.05, 0) is 30.5 Å². The van der Waals surface area contributed by atoms with E-state index in [1.54, 1.807) is 12.4 Å². The Morgan fingerprint density at radius 2 is 2.00 bits per heavy atom. The molecule has 1 fully saturated rings. The average Bonchev–Trinajstić information content (AvgIpc) is 2.86. The molecule has 11 heavy (non-hydrogen) atoms. The molecule has 2 rings (SSSR count). The Bertz CT molecular complexity index is 293. The normalized spacial score (nSPS) is 18.8. The minimum atomic E-state index is -0.150. The Hall–Kier alpha value is -1.36. The number of pyridine rings is 1. The Morgan fingerprint density at radius 3 is 2.45 bits per heavy atom. The molecule has 0 amide bonds. The van der Waals surface area contributed by atoms with Gasteiger partial charge in [0.15, 0.2) is 0 Å². The summed E-state index contributed by atoms with van der Waals surface area (Å²) in [6.07, 6.45) is 5.50. The first-order chi connectivity index (χ1) is 5.37. The number of nitrogens with zero attached hydrogens (tertiary/aromatic N) is 2. The topological polar surface area (TPSA) is 36.7 Å². The van der Waals surface area contributed by atoms with Crippen molar-refractivity contribution in [3.63, 3.8) is 0 Å². The molecule has 0 atom stereocenters. The van der Waals surface area contributed by atoms with Crippen molar-refractivity contribution in [1.82, 2.24) is 4.98 Å². The zero-order valence-corrected chi connectivity index (χ0v) is 6.12. The van der Waals surface area contributed by atoms with Crippen molar-refractivity contribution in [2.45, 2.75) is 18.3 Å². The first kappa shape index (κ1) is 6.36. The van der Waals surface area contributed by atoms with E-state index in [4.69, 9.17) is 5.26 Å². The van der Waals surface area contributed by atoms with E-state index in [2.05, 4.69) is 11.1 Å². The number of rotatable bonds is 1. The van der Waals surface area contributed by atoms with Gasteiger partial charge in [0.1, 0.15) is 0 Å². The van der Waals surface area contributed by atoms with Crippen LogP contribution in [0, 0.1) is 11.3 Å². The first-order valence-electron chi connectivity index (χ1n) is 3.69. The Morgan fingerprint density at radius 1 is 1.36 bits per heavy atom. The van der Waals surface area contributed by atoms with Crippen LogP contribution in [0.15, 0.2) is 24.5 Å². The molecule has 0 spiro atoms. The quantitative estimate of drug-likeness (QED) is 0.600. The molecule has 1 heterocycles. The molecule has 54 valence electrons. The predicted molar refractivity (Wildman–Crippen MR) is 40.8 cm³/mol. The lowest BCUT2D eigenvalue weighted by Crippen LogP contribution is -2.01. The second-order valence-electron chi connectivity index (χ2n) is 2.93. The number of hydrogen-bond donors (Lipinski definition) is 0. The van der Waals surface area contributed by atoms with Gasteiger partial charge < -0.3 is 0 Å². The second kappa shape index (κ2) is 2.06. The van der Waals surface area contributed by atoms with E-state index in [-0.39, 0.29) is 5.41 Å². The zero-order valence-electron chi connectivity index (χ0n) is 6.12. The lowest BCUT2D eigenvalue weighted by molar-refractivity contribution is 0.903. The highest BCUT2D eigenvalue weighted by Crippen LogP contribution is 2.47. The van der Waals surface area contributed by atoms with Crippen LogP contribution in [0.2, 0.25) is 0 Å². The van der Waals surface area contributed by atoms with Crippen molar-refractivity contribution in [2.24, 2.45) is 0 Å². The van der Waals surface area contributed by atoms with Gasteiger partial charge in [0, 0.05) is 12.4 Å². The van der Waals surface area contributed by atoms with Crippen molar-refractivity contribution in [3.05, 3.63) is 30.1 Å². The fourth-order valence-electron chi connectivity index (χ4n) is 1.26. The molecule has 0 radical (unpaired) electrons. The Balaban J connectivity index is 2.39. The average molecular weight is 144 g/mol. The largest absolute Gasteiger partial charge is 0.265 e. The summed E-state index contributed by atoms with van der Waals surface area (Å²) in [6, 6.07) is 6.19. The highest BCUT2D eigenvalue weighted by atomic mass is 14.6. The van der Waals surface area contributed by atoms with Crippen molar-refractivity contribution in [2.75, 3.05) is 0 Å².